The van der Waals surface area contributed by atoms with Crippen molar-refractivity contribution in [3.05, 3.63) is 63.5 Å². The Bertz CT molecular complexity index is 733. The van der Waals surface area contributed by atoms with Crippen molar-refractivity contribution in [1.29, 1.82) is 0 Å². The van der Waals surface area contributed by atoms with E-state index in [0.717, 1.165) is 0 Å². The SMILES string of the molecule is Cc1cccc(N[C@H]2CCOc3c(F)cccc32)c1[N+](=O)[O-]. The molecule has 3 rings (SSSR count). The molecule has 5 nitrogen and oxygen atoms in total. The van der Waals surface area contributed by atoms with Gasteiger partial charge >= 0.3 is 0 Å². The zero-order valence-electron chi connectivity index (χ0n) is 12.0. The number of fused-ring (bicyclic) bond motifs is 1. The van der Waals surface area contributed by atoms with Crippen molar-refractivity contribution < 1.29 is 14.1 Å². The molecule has 0 unspecified atom stereocenters. The van der Waals surface area contributed by atoms with Gasteiger partial charge in [-0.15, -0.1) is 0 Å². The Balaban J connectivity index is 1.98. The van der Waals surface area contributed by atoms with Crippen molar-refractivity contribution >= 4 is 11.4 Å². The Hall–Kier alpha value is -2.63. The average molecular weight is 302 g/mol. The second kappa shape index (κ2) is 5.63. The Morgan fingerprint density at radius 2 is 2.09 bits per heavy atom. The van der Waals surface area contributed by atoms with E-state index in [0.29, 0.717) is 29.8 Å². The number of nitro groups is 1. The first-order valence-electron chi connectivity index (χ1n) is 6.99. The fraction of sp³-hybridized carbons (Fsp3) is 0.250. The minimum atomic E-state index is -0.414. The molecule has 6 heteroatoms. The first-order chi connectivity index (χ1) is 10.6. The fourth-order valence-corrected chi connectivity index (χ4v) is 2.74. The summed E-state index contributed by atoms with van der Waals surface area (Å²) >= 11 is 0. The van der Waals surface area contributed by atoms with E-state index in [1.165, 1.54) is 6.07 Å². The maximum absolute atomic E-state index is 13.8. The van der Waals surface area contributed by atoms with Crippen LogP contribution in [0.5, 0.6) is 5.75 Å². The molecule has 114 valence electrons. The number of benzene rings is 2. The zero-order chi connectivity index (χ0) is 15.7. The van der Waals surface area contributed by atoms with Crippen molar-refractivity contribution in [2.75, 3.05) is 11.9 Å². The van der Waals surface area contributed by atoms with E-state index in [1.54, 1.807) is 37.3 Å². The predicted octanol–water partition coefficient (Wildman–Crippen LogP) is 3.98. The van der Waals surface area contributed by atoms with E-state index >= 15 is 0 Å². The number of nitrogens with zero attached hydrogens (tertiary/aromatic N) is 1. The summed E-state index contributed by atoms with van der Waals surface area (Å²) in [6.45, 7) is 2.06. The lowest BCUT2D eigenvalue weighted by Crippen LogP contribution is -2.21. The predicted molar refractivity (Wildman–Crippen MR) is 80.7 cm³/mol. The van der Waals surface area contributed by atoms with Crippen LogP contribution in [-0.4, -0.2) is 11.5 Å². The molecule has 0 bridgehead atoms. The third-order valence-corrected chi connectivity index (χ3v) is 3.78. The first kappa shape index (κ1) is 14.3. The zero-order valence-corrected chi connectivity index (χ0v) is 12.0. The van der Waals surface area contributed by atoms with Crippen LogP contribution in [0.1, 0.15) is 23.6 Å². The highest BCUT2D eigenvalue weighted by atomic mass is 19.1. The number of ether oxygens (including phenoxy) is 1. The maximum Gasteiger partial charge on any atom is 0.295 e. The van der Waals surface area contributed by atoms with E-state index < -0.39 is 10.7 Å². The molecule has 1 aliphatic heterocycles. The van der Waals surface area contributed by atoms with Crippen molar-refractivity contribution in [3.8, 4) is 5.75 Å². The third-order valence-electron chi connectivity index (χ3n) is 3.78. The molecule has 1 heterocycles. The Morgan fingerprint density at radius 3 is 2.86 bits per heavy atom. The van der Waals surface area contributed by atoms with Crippen LogP contribution in [0, 0.1) is 22.9 Å². The van der Waals surface area contributed by atoms with Crippen LogP contribution in [-0.2, 0) is 0 Å². The molecule has 2 aromatic rings. The number of para-hydroxylation sites is 2. The molecule has 0 aliphatic carbocycles. The lowest BCUT2D eigenvalue weighted by atomic mass is 9.99. The molecule has 2 aromatic carbocycles. The Labute approximate surface area is 126 Å². The molecular weight excluding hydrogens is 287 g/mol. The fourth-order valence-electron chi connectivity index (χ4n) is 2.74. The summed E-state index contributed by atoms with van der Waals surface area (Å²) in [7, 11) is 0. The highest BCUT2D eigenvalue weighted by Crippen LogP contribution is 2.38. The quantitative estimate of drug-likeness (QED) is 0.688. The Morgan fingerprint density at radius 1 is 1.32 bits per heavy atom. The van der Waals surface area contributed by atoms with Crippen LogP contribution in [0.15, 0.2) is 36.4 Å². The topological polar surface area (TPSA) is 64.4 Å². The van der Waals surface area contributed by atoms with Gasteiger partial charge in [0.1, 0.15) is 5.69 Å². The van der Waals surface area contributed by atoms with Gasteiger partial charge in [-0.2, -0.15) is 0 Å². The van der Waals surface area contributed by atoms with Crippen molar-refractivity contribution in [3.63, 3.8) is 0 Å². The molecule has 0 spiro atoms. The van der Waals surface area contributed by atoms with Gasteiger partial charge in [-0.25, -0.2) is 4.39 Å². The summed E-state index contributed by atoms with van der Waals surface area (Å²) in [5, 5.41) is 14.4. The highest BCUT2D eigenvalue weighted by Gasteiger charge is 2.26. The van der Waals surface area contributed by atoms with Gasteiger partial charge in [-0.1, -0.05) is 24.3 Å². The second-order valence-electron chi connectivity index (χ2n) is 5.22. The highest BCUT2D eigenvalue weighted by molar-refractivity contribution is 5.66. The molecule has 0 saturated heterocycles. The summed E-state index contributed by atoms with van der Waals surface area (Å²) < 4.78 is 19.2. The monoisotopic (exact) mass is 302 g/mol. The van der Waals surface area contributed by atoms with Gasteiger partial charge in [0, 0.05) is 17.5 Å². The number of aryl methyl sites for hydroxylation is 1. The van der Waals surface area contributed by atoms with Gasteiger partial charge in [0.15, 0.2) is 11.6 Å². The van der Waals surface area contributed by atoms with Crippen LogP contribution in [0.25, 0.3) is 0 Å². The average Bonchev–Trinajstić information content (AvgIpc) is 2.48. The van der Waals surface area contributed by atoms with Gasteiger partial charge in [0.2, 0.25) is 0 Å². The largest absolute Gasteiger partial charge is 0.490 e. The normalized spacial score (nSPS) is 16.5. The van der Waals surface area contributed by atoms with E-state index in [-0.39, 0.29) is 17.5 Å². The van der Waals surface area contributed by atoms with Gasteiger partial charge in [-0.3, -0.25) is 10.1 Å². The summed E-state index contributed by atoms with van der Waals surface area (Å²) in [4.78, 5) is 10.9. The molecule has 0 fully saturated rings. The summed E-state index contributed by atoms with van der Waals surface area (Å²) in [6.07, 6.45) is 0.613. The summed E-state index contributed by atoms with van der Waals surface area (Å²) in [5.41, 5.74) is 1.75. The third kappa shape index (κ3) is 2.47. The molecule has 1 atom stereocenters. The van der Waals surface area contributed by atoms with Gasteiger partial charge < -0.3 is 10.1 Å². The van der Waals surface area contributed by atoms with Crippen LogP contribution < -0.4 is 10.1 Å². The molecular formula is C16H15FN2O3. The summed E-state index contributed by atoms with van der Waals surface area (Å²) in [6, 6.07) is 9.63. The van der Waals surface area contributed by atoms with Crippen LogP contribution >= 0.6 is 0 Å². The molecule has 0 aromatic heterocycles. The van der Waals surface area contributed by atoms with Crippen molar-refractivity contribution in [2.24, 2.45) is 0 Å². The van der Waals surface area contributed by atoms with E-state index in [2.05, 4.69) is 5.32 Å². The molecule has 0 radical (unpaired) electrons. The minimum Gasteiger partial charge on any atom is -0.490 e. The van der Waals surface area contributed by atoms with E-state index in [4.69, 9.17) is 4.74 Å². The molecule has 0 saturated carbocycles. The van der Waals surface area contributed by atoms with E-state index in [9.17, 15) is 14.5 Å². The molecule has 0 amide bonds. The number of hydrogen-bond acceptors (Lipinski definition) is 4. The Kier molecular flexibility index (Phi) is 3.66. The minimum absolute atomic E-state index is 0.0481. The lowest BCUT2D eigenvalue weighted by molar-refractivity contribution is -0.384. The number of nitro benzene ring substituents is 1. The smallest absolute Gasteiger partial charge is 0.295 e. The van der Waals surface area contributed by atoms with Gasteiger partial charge in [0.25, 0.3) is 5.69 Å². The van der Waals surface area contributed by atoms with Crippen molar-refractivity contribution in [2.45, 2.75) is 19.4 Å². The number of nitrogens with one attached hydrogen (secondary N) is 1. The first-order valence-corrected chi connectivity index (χ1v) is 6.99. The molecule has 1 aliphatic rings. The van der Waals surface area contributed by atoms with Crippen LogP contribution in [0.3, 0.4) is 0 Å². The number of halogens is 1. The molecule has 22 heavy (non-hydrogen) atoms. The van der Waals surface area contributed by atoms with Crippen LogP contribution in [0.2, 0.25) is 0 Å². The summed E-state index contributed by atoms with van der Waals surface area (Å²) in [5.74, 6) is -0.190. The molecule has 1 N–H and O–H groups in total. The van der Waals surface area contributed by atoms with Crippen molar-refractivity contribution in [1.82, 2.24) is 0 Å². The van der Waals surface area contributed by atoms with E-state index in [1.807, 2.05) is 0 Å². The van der Waals surface area contributed by atoms with Crippen LogP contribution in [0.4, 0.5) is 15.8 Å². The number of rotatable bonds is 3. The standard InChI is InChI=1S/C16H15FN2O3/c1-10-4-2-7-14(15(10)19(20)21)18-13-8-9-22-16-11(13)5-3-6-12(16)17/h2-7,13,18H,8-9H2,1H3/t13-/m0/s1. The lowest BCUT2D eigenvalue weighted by Gasteiger charge is -2.27. The number of anilines is 1. The number of hydrogen-bond donors (Lipinski definition) is 1. The van der Waals surface area contributed by atoms with Gasteiger partial charge in [0.05, 0.1) is 17.6 Å². The second-order valence-corrected chi connectivity index (χ2v) is 5.22. The van der Waals surface area contributed by atoms with Gasteiger partial charge in [-0.05, 0) is 19.1 Å². The maximum atomic E-state index is 13.8.